The first-order valence-corrected chi connectivity index (χ1v) is 6.88. The number of carbonyl (C=O) groups excluding carboxylic acids is 1. The number of hydrogen-bond donors (Lipinski definition) is 0. The molecule has 0 radical (unpaired) electrons. The maximum absolute atomic E-state index is 12.1. The van der Waals surface area contributed by atoms with Crippen molar-refractivity contribution in [3.63, 3.8) is 0 Å². The first-order valence-electron chi connectivity index (χ1n) is 6.35. The molecule has 0 fully saturated rings. The van der Waals surface area contributed by atoms with Crippen molar-refractivity contribution in [2.45, 2.75) is 0 Å². The molecule has 2 rings (SSSR count). The minimum absolute atomic E-state index is 0.0513. The monoisotopic (exact) mass is 288 g/mol. The molecular weight excluding hydrogens is 272 g/mol. The Morgan fingerprint density at radius 2 is 1.40 bits per heavy atom. The van der Waals surface area contributed by atoms with E-state index < -0.39 is 0 Å². The molecule has 0 heterocycles. The van der Waals surface area contributed by atoms with Crippen LogP contribution in [0.5, 0.6) is 0 Å². The third-order valence-corrected chi connectivity index (χ3v) is 3.23. The third-order valence-electron chi connectivity index (χ3n) is 3.00. The molecule has 2 aromatic rings. The van der Waals surface area contributed by atoms with E-state index in [-0.39, 0.29) is 11.8 Å². The number of anilines is 3. The van der Waals surface area contributed by atoms with Gasteiger partial charge in [-0.2, -0.15) is 0 Å². The summed E-state index contributed by atoms with van der Waals surface area (Å²) in [5.74, 6) is -0.194. The Morgan fingerprint density at radius 3 is 1.90 bits per heavy atom. The Balaban J connectivity index is 2.39. The van der Waals surface area contributed by atoms with E-state index >= 15 is 0 Å². The summed E-state index contributed by atoms with van der Waals surface area (Å²) in [6.07, 6.45) is 0. The van der Waals surface area contributed by atoms with Gasteiger partial charge in [0, 0.05) is 31.2 Å². The Labute approximate surface area is 124 Å². The number of para-hydroxylation sites is 1. The van der Waals surface area contributed by atoms with Crippen molar-refractivity contribution >= 4 is 34.6 Å². The minimum Gasteiger partial charge on any atom is -0.378 e. The summed E-state index contributed by atoms with van der Waals surface area (Å²) in [6.45, 7) is 0. The molecule has 0 N–H and O–H groups in total. The van der Waals surface area contributed by atoms with E-state index in [2.05, 4.69) is 0 Å². The Morgan fingerprint density at radius 1 is 0.900 bits per heavy atom. The molecule has 20 heavy (non-hydrogen) atoms. The molecule has 0 spiro atoms. The summed E-state index contributed by atoms with van der Waals surface area (Å²) >= 11 is 5.73. The van der Waals surface area contributed by atoms with E-state index in [0.29, 0.717) is 0 Å². The molecule has 0 aliphatic rings. The van der Waals surface area contributed by atoms with Crippen LogP contribution in [0.3, 0.4) is 0 Å². The van der Waals surface area contributed by atoms with Crippen molar-refractivity contribution in [3.8, 4) is 0 Å². The SMILES string of the molecule is CN(C)c1ccc(N(C(=O)CCl)c2ccccc2)cc1. The van der Waals surface area contributed by atoms with E-state index in [1.54, 1.807) is 4.90 Å². The highest BCUT2D eigenvalue weighted by Crippen LogP contribution is 2.27. The van der Waals surface area contributed by atoms with Gasteiger partial charge >= 0.3 is 0 Å². The zero-order valence-corrected chi connectivity index (χ0v) is 12.3. The number of rotatable bonds is 4. The summed E-state index contributed by atoms with van der Waals surface area (Å²) in [7, 11) is 3.96. The average molecular weight is 289 g/mol. The van der Waals surface area contributed by atoms with Crippen molar-refractivity contribution in [1.82, 2.24) is 0 Å². The summed E-state index contributed by atoms with van der Waals surface area (Å²) in [5.41, 5.74) is 2.71. The second kappa shape index (κ2) is 6.44. The van der Waals surface area contributed by atoms with E-state index in [1.807, 2.05) is 73.6 Å². The quantitative estimate of drug-likeness (QED) is 0.802. The summed E-state index contributed by atoms with van der Waals surface area (Å²) in [6, 6.07) is 17.3. The second-order valence-electron chi connectivity index (χ2n) is 4.61. The zero-order valence-electron chi connectivity index (χ0n) is 11.6. The van der Waals surface area contributed by atoms with Gasteiger partial charge in [-0.25, -0.2) is 0 Å². The summed E-state index contributed by atoms with van der Waals surface area (Å²) in [5, 5.41) is 0. The number of carbonyl (C=O) groups is 1. The van der Waals surface area contributed by atoms with Crippen LogP contribution in [-0.2, 0) is 4.79 Å². The normalized spacial score (nSPS) is 10.2. The van der Waals surface area contributed by atoms with Crippen molar-refractivity contribution < 1.29 is 4.79 Å². The molecule has 0 bridgehead atoms. The average Bonchev–Trinajstić information content (AvgIpc) is 2.49. The van der Waals surface area contributed by atoms with Crippen LogP contribution >= 0.6 is 11.6 Å². The first kappa shape index (κ1) is 14.4. The van der Waals surface area contributed by atoms with E-state index in [1.165, 1.54) is 0 Å². The topological polar surface area (TPSA) is 23.6 Å². The first-order chi connectivity index (χ1) is 9.63. The van der Waals surface area contributed by atoms with Crippen LogP contribution in [-0.4, -0.2) is 25.9 Å². The fourth-order valence-corrected chi connectivity index (χ4v) is 2.09. The van der Waals surface area contributed by atoms with Crippen molar-refractivity contribution in [2.24, 2.45) is 0 Å². The maximum Gasteiger partial charge on any atom is 0.246 e. The number of nitrogens with zero attached hydrogens (tertiary/aromatic N) is 2. The van der Waals surface area contributed by atoms with Gasteiger partial charge in [-0.1, -0.05) is 18.2 Å². The predicted octanol–water partition coefficient (Wildman–Crippen LogP) is 3.66. The second-order valence-corrected chi connectivity index (χ2v) is 4.88. The molecular formula is C16H17ClN2O. The lowest BCUT2D eigenvalue weighted by molar-refractivity contribution is -0.115. The van der Waals surface area contributed by atoms with Gasteiger partial charge in [0.2, 0.25) is 5.91 Å². The predicted molar refractivity (Wildman–Crippen MR) is 85.1 cm³/mol. The van der Waals surface area contributed by atoms with Crippen LogP contribution in [0.1, 0.15) is 0 Å². The maximum atomic E-state index is 12.1. The van der Waals surface area contributed by atoms with E-state index in [0.717, 1.165) is 17.1 Å². The lowest BCUT2D eigenvalue weighted by Crippen LogP contribution is -2.26. The minimum atomic E-state index is -0.143. The number of hydrogen-bond acceptors (Lipinski definition) is 2. The van der Waals surface area contributed by atoms with Gasteiger partial charge in [0.15, 0.2) is 0 Å². The molecule has 0 aliphatic carbocycles. The molecule has 104 valence electrons. The number of alkyl halides is 1. The summed E-state index contributed by atoms with van der Waals surface area (Å²) in [4.78, 5) is 15.8. The third kappa shape index (κ3) is 3.11. The van der Waals surface area contributed by atoms with Gasteiger partial charge in [-0.05, 0) is 36.4 Å². The van der Waals surface area contributed by atoms with Gasteiger partial charge in [0.05, 0.1) is 0 Å². The largest absolute Gasteiger partial charge is 0.378 e. The Bertz CT molecular complexity index is 567. The van der Waals surface area contributed by atoms with Crippen molar-refractivity contribution in [1.29, 1.82) is 0 Å². The summed E-state index contributed by atoms with van der Waals surface area (Å²) < 4.78 is 0. The molecule has 0 saturated heterocycles. The fraction of sp³-hybridized carbons (Fsp3) is 0.188. The lowest BCUT2D eigenvalue weighted by Gasteiger charge is -2.23. The fourth-order valence-electron chi connectivity index (χ4n) is 1.97. The van der Waals surface area contributed by atoms with Gasteiger partial charge in [0.25, 0.3) is 0 Å². The zero-order chi connectivity index (χ0) is 14.5. The molecule has 0 aliphatic heterocycles. The van der Waals surface area contributed by atoms with Gasteiger partial charge < -0.3 is 4.90 Å². The van der Waals surface area contributed by atoms with Crippen LogP contribution in [0.4, 0.5) is 17.1 Å². The Hall–Kier alpha value is -2.00. The lowest BCUT2D eigenvalue weighted by atomic mass is 10.2. The van der Waals surface area contributed by atoms with Crippen LogP contribution < -0.4 is 9.80 Å². The molecule has 0 atom stereocenters. The standard InChI is InChI=1S/C16H17ClN2O/c1-18(2)13-8-10-15(11-9-13)19(16(20)12-17)14-6-4-3-5-7-14/h3-11H,12H2,1-2H3. The van der Waals surface area contributed by atoms with E-state index in [4.69, 9.17) is 11.6 Å². The highest BCUT2D eigenvalue weighted by atomic mass is 35.5. The number of benzene rings is 2. The van der Waals surface area contributed by atoms with Gasteiger partial charge in [-0.15, -0.1) is 11.6 Å². The van der Waals surface area contributed by atoms with Gasteiger partial charge in [0.1, 0.15) is 5.88 Å². The molecule has 2 aromatic carbocycles. The van der Waals surface area contributed by atoms with Crippen LogP contribution in [0.2, 0.25) is 0 Å². The molecule has 0 saturated carbocycles. The molecule has 0 unspecified atom stereocenters. The Kier molecular flexibility index (Phi) is 4.64. The molecule has 1 amide bonds. The highest BCUT2D eigenvalue weighted by Gasteiger charge is 2.16. The van der Waals surface area contributed by atoms with Crippen LogP contribution in [0, 0.1) is 0 Å². The number of halogens is 1. The van der Waals surface area contributed by atoms with Crippen molar-refractivity contribution in [3.05, 3.63) is 54.6 Å². The van der Waals surface area contributed by atoms with E-state index in [9.17, 15) is 4.79 Å². The van der Waals surface area contributed by atoms with Crippen LogP contribution in [0.15, 0.2) is 54.6 Å². The number of amides is 1. The highest BCUT2D eigenvalue weighted by molar-refractivity contribution is 6.30. The van der Waals surface area contributed by atoms with Crippen LogP contribution in [0.25, 0.3) is 0 Å². The molecule has 3 nitrogen and oxygen atoms in total. The molecule has 4 heteroatoms. The molecule has 0 aromatic heterocycles. The van der Waals surface area contributed by atoms with Gasteiger partial charge in [-0.3, -0.25) is 9.69 Å². The smallest absolute Gasteiger partial charge is 0.246 e. The van der Waals surface area contributed by atoms with Crippen molar-refractivity contribution in [2.75, 3.05) is 29.8 Å².